The number of aliphatic hydroxyl groups is 1. The van der Waals surface area contributed by atoms with Crippen molar-refractivity contribution >= 4 is 11.5 Å². The minimum absolute atomic E-state index is 0.0668. The smallest absolute Gasteiger partial charge is 0.172 e. The van der Waals surface area contributed by atoms with Crippen LogP contribution in [0.2, 0.25) is 0 Å². The van der Waals surface area contributed by atoms with Crippen LogP contribution in [0.5, 0.6) is 0 Å². The molecule has 1 aromatic rings. The highest BCUT2D eigenvalue weighted by molar-refractivity contribution is 6.02. The molecule has 0 amide bonds. The molecule has 5 nitrogen and oxygen atoms in total. The normalized spacial score (nSPS) is 11.6. The first-order valence-electron chi connectivity index (χ1n) is 5.58. The fourth-order valence-corrected chi connectivity index (χ4v) is 1.75. The molecule has 0 radical (unpaired) electrons. The first-order valence-corrected chi connectivity index (χ1v) is 5.58. The molecule has 0 saturated carbocycles. The monoisotopic (exact) mass is 237 g/mol. The number of nitrogens with zero attached hydrogens (tertiary/aromatic N) is 2. The molecule has 0 aliphatic heterocycles. The molecule has 0 bridgehead atoms. The lowest BCUT2D eigenvalue weighted by Crippen LogP contribution is -2.29. The third kappa shape index (κ3) is 3.10. The van der Waals surface area contributed by atoms with Gasteiger partial charge in [0.25, 0.3) is 0 Å². The number of nitrogens with two attached hydrogens (primary N) is 1. The van der Waals surface area contributed by atoms with E-state index in [1.807, 2.05) is 36.9 Å². The van der Waals surface area contributed by atoms with Gasteiger partial charge in [-0.1, -0.05) is 16.8 Å². The number of aliphatic hydroxyl groups excluding tert-OH is 1. The summed E-state index contributed by atoms with van der Waals surface area (Å²) in [7, 11) is 0. The topological polar surface area (TPSA) is 82.1 Å². The van der Waals surface area contributed by atoms with E-state index in [0.29, 0.717) is 12.1 Å². The van der Waals surface area contributed by atoms with Crippen LogP contribution in [0.25, 0.3) is 0 Å². The summed E-state index contributed by atoms with van der Waals surface area (Å²) in [5, 5.41) is 20.8. The van der Waals surface area contributed by atoms with E-state index in [1.165, 1.54) is 0 Å². The Morgan fingerprint density at radius 3 is 2.71 bits per heavy atom. The highest BCUT2D eigenvalue weighted by Crippen LogP contribution is 2.21. The molecule has 0 atom stereocenters. The zero-order chi connectivity index (χ0) is 12.8. The van der Waals surface area contributed by atoms with E-state index in [-0.39, 0.29) is 12.4 Å². The van der Waals surface area contributed by atoms with Gasteiger partial charge in [0.1, 0.15) is 0 Å². The molecule has 0 aliphatic carbocycles. The number of benzene rings is 1. The lowest BCUT2D eigenvalue weighted by molar-refractivity contribution is 0.302. The van der Waals surface area contributed by atoms with E-state index < -0.39 is 0 Å². The standard InChI is InChI=1S/C12H19N3O2/c1-3-15(6-7-16)11-5-4-9(2)8-10(11)12(13)14-17/h4-5,8,16-17H,3,6-7H2,1-2H3,(H2,13,14). The van der Waals surface area contributed by atoms with Crippen LogP contribution in [0.15, 0.2) is 23.4 Å². The van der Waals surface area contributed by atoms with Gasteiger partial charge >= 0.3 is 0 Å². The zero-order valence-corrected chi connectivity index (χ0v) is 10.2. The highest BCUT2D eigenvalue weighted by atomic mass is 16.4. The molecule has 1 aromatic carbocycles. The van der Waals surface area contributed by atoms with E-state index in [2.05, 4.69) is 5.16 Å². The summed E-state index contributed by atoms with van der Waals surface area (Å²) in [5.41, 5.74) is 8.25. The van der Waals surface area contributed by atoms with Crippen LogP contribution in [0.3, 0.4) is 0 Å². The Hall–Kier alpha value is -1.75. The van der Waals surface area contributed by atoms with E-state index in [0.717, 1.165) is 17.8 Å². The minimum Gasteiger partial charge on any atom is -0.409 e. The summed E-state index contributed by atoms with van der Waals surface area (Å²) >= 11 is 0. The van der Waals surface area contributed by atoms with Crippen molar-refractivity contribution < 1.29 is 10.3 Å². The average Bonchev–Trinajstić information content (AvgIpc) is 2.35. The Bertz CT molecular complexity index is 405. The van der Waals surface area contributed by atoms with Gasteiger partial charge in [0.2, 0.25) is 0 Å². The van der Waals surface area contributed by atoms with Crippen LogP contribution >= 0.6 is 0 Å². The Kier molecular flexibility index (Phi) is 4.78. The number of aryl methyl sites for hydroxylation is 1. The number of amidine groups is 1. The first kappa shape index (κ1) is 13.3. The Balaban J connectivity index is 3.21. The maximum Gasteiger partial charge on any atom is 0.172 e. The lowest BCUT2D eigenvalue weighted by Gasteiger charge is -2.24. The fourth-order valence-electron chi connectivity index (χ4n) is 1.75. The van der Waals surface area contributed by atoms with E-state index in [4.69, 9.17) is 16.0 Å². The molecule has 5 heteroatoms. The number of oxime groups is 1. The van der Waals surface area contributed by atoms with Gasteiger partial charge in [0.05, 0.1) is 6.61 Å². The highest BCUT2D eigenvalue weighted by Gasteiger charge is 2.12. The summed E-state index contributed by atoms with van der Waals surface area (Å²) in [6.07, 6.45) is 0. The van der Waals surface area contributed by atoms with Crippen LogP contribution in [0, 0.1) is 6.92 Å². The molecule has 0 aromatic heterocycles. The number of likely N-dealkylation sites (N-methyl/N-ethyl adjacent to an activating group) is 1. The third-order valence-electron chi connectivity index (χ3n) is 2.63. The molecule has 1 rings (SSSR count). The second-order valence-electron chi connectivity index (χ2n) is 3.81. The second-order valence-corrected chi connectivity index (χ2v) is 3.81. The van der Waals surface area contributed by atoms with Gasteiger partial charge in [-0.15, -0.1) is 0 Å². The van der Waals surface area contributed by atoms with Crippen LogP contribution < -0.4 is 10.6 Å². The van der Waals surface area contributed by atoms with Gasteiger partial charge in [-0.3, -0.25) is 0 Å². The molecule has 94 valence electrons. The largest absolute Gasteiger partial charge is 0.409 e. The SMILES string of the molecule is CCN(CCO)c1ccc(C)cc1/C(N)=N/O. The molecule has 0 spiro atoms. The summed E-state index contributed by atoms with van der Waals surface area (Å²) in [4.78, 5) is 1.98. The maximum atomic E-state index is 9.02. The summed E-state index contributed by atoms with van der Waals surface area (Å²) < 4.78 is 0. The lowest BCUT2D eigenvalue weighted by atomic mass is 10.1. The van der Waals surface area contributed by atoms with Crippen LogP contribution in [-0.4, -0.2) is 35.8 Å². The molecular weight excluding hydrogens is 218 g/mol. The molecule has 0 aliphatic rings. The van der Waals surface area contributed by atoms with Gasteiger partial charge in [-0.05, 0) is 26.0 Å². The molecule has 17 heavy (non-hydrogen) atoms. The minimum atomic E-state index is 0.0668. The molecule has 0 fully saturated rings. The predicted octanol–water partition coefficient (Wildman–Crippen LogP) is 0.908. The number of hydrogen-bond donors (Lipinski definition) is 3. The average molecular weight is 237 g/mol. The quantitative estimate of drug-likeness (QED) is 0.308. The van der Waals surface area contributed by atoms with Gasteiger partial charge in [-0.2, -0.15) is 0 Å². The Morgan fingerprint density at radius 1 is 1.47 bits per heavy atom. The van der Waals surface area contributed by atoms with Crippen molar-refractivity contribution in [2.45, 2.75) is 13.8 Å². The number of rotatable bonds is 5. The summed E-state index contributed by atoms with van der Waals surface area (Å²) in [6, 6.07) is 5.75. The van der Waals surface area contributed by atoms with E-state index in [9.17, 15) is 0 Å². The molecule has 0 heterocycles. The van der Waals surface area contributed by atoms with Crippen molar-refractivity contribution in [1.82, 2.24) is 0 Å². The molecular formula is C12H19N3O2. The predicted molar refractivity (Wildman–Crippen MR) is 68.7 cm³/mol. The summed E-state index contributed by atoms with van der Waals surface area (Å²) in [5.74, 6) is 0.0834. The maximum absolute atomic E-state index is 9.02. The Morgan fingerprint density at radius 2 is 2.18 bits per heavy atom. The van der Waals surface area contributed by atoms with E-state index in [1.54, 1.807) is 0 Å². The Labute approximate surface area is 101 Å². The van der Waals surface area contributed by atoms with Gasteiger partial charge in [0, 0.05) is 24.3 Å². The van der Waals surface area contributed by atoms with Gasteiger partial charge < -0.3 is 20.9 Å². The van der Waals surface area contributed by atoms with Gasteiger partial charge in [0.15, 0.2) is 5.84 Å². The molecule has 4 N–H and O–H groups in total. The van der Waals surface area contributed by atoms with Crippen molar-refractivity contribution in [1.29, 1.82) is 0 Å². The zero-order valence-electron chi connectivity index (χ0n) is 10.2. The van der Waals surface area contributed by atoms with Gasteiger partial charge in [-0.25, -0.2) is 0 Å². The summed E-state index contributed by atoms with van der Waals surface area (Å²) in [6.45, 7) is 5.27. The third-order valence-corrected chi connectivity index (χ3v) is 2.63. The van der Waals surface area contributed by atoms with Crippen molar-refractivity contribution in [2.75, 3.05) is 24.6 Å². The number of anilines is 1. The number of hydrogen-bond acceptors (Lipinski definition) is 4. The van der Waals surface area contributed by atoms with Crippen molar-refractivity contribution in [3.05, 3.63) is 29.3 Å². The second kappa shape index (κ2) is 6.10. The fraction of sp³-hybridized carbons (Fsp3) is 0.417. The van der Waals surface area contributed by atoms with Crippen molar-refractivity contribution in [3.8, 4) is 0 Å². The first-order chi connectivity index (χ1) is 8.13. The van der Waals surface area contributed by atoms with Crippen LogP contribution in [-0.2, 0) is 0 Å². The van der Waals surface area contributed by atoms with Crippen LogP contribution in [0.4, 0.5) is 5.69 Å². The molecule has 0 saturated heterocycles. The van der Waals surface area contributed by atoms with Crippen molar-refractivity contribution in [3.63, 3.8) is 0 Å². The van der Waals surface area contributed by atoms with Crippen LogP contribution in [0.1, 0.15) is 18.1 Å². The van der Waals surface area contributed by atoms with Crippen molar-refractivity contribution in [2.24, 2.45) is 10.9 Å². The molecule has 0 unspecified atom stereocenters. The van der Waals surface area contributed by atoms with E-state index >= 15 is 0 Å².